The number of hydrogen-bond donors (Lipinski definition) is 2. The highest BCUT2D eigenvalue weighted by atomic mass is 35.5. The Morgan fingerprint density at radius 1 is 1.00 bits per heavy atom. The second kappa shape index (κ2) is 5.83. The lowest BCUT2D eigenvalue weighted by atomic mass is 9.98. The Labute approximate surface area is 123 Å². The van der Waals surface area contributed by atoms with Gasteiger partial charge in [0.25, 0.3) is 0 Å². The van der Waals surface area contributed by atoms with Crippen molar-refractivity contribution in [3.63, 3.8) is 0 Å². The normalized spacial score (nSPS) is 21.9. The van der Waals surface area contributed by atoms with Gasteiger partial charge in [-0.05, 0) is 41.8 Å². The van der Waals surface area contributed by atoms with Gasteiger partial charge in [-0.2, -0.15) is 0 Å². The second-order valence-electron chi connectivity index (χ2n) is 4.96. The minimum Gasteiger partial charge on any atom is -0.497 e. The van der Waals surface area contributed by atoms with Crippen LogP contribution < -0.4 is 15.6 Å². The fourth-order valence-corrected chi connectivity index (χ4v) is 2.67. The molecule has 3 rings (SSSR count). The number of rotatable bonds is 3. The monoisotopic (exact) mass is 288 g/mol. The van der Waals surface area contributed by atoms with Crippen LogP contribution in [-0.4, -0.2) is 7.11 Å². The van der Waals surface area contributed by atoms with Gasteiger partial charge in [0.1, 0.15) is 5.75 Å². The SMILES string of the molecule is COc1cccc(C2CC(c3ccc(Cl)cc3)NN2)c1. The molecule has 0 radical (unpaired) electrons. The molecule has 1 heterocycles. The number of hydrazine groups is 1. The van der Waals surface area contributed by atoms with Crippen molar-refractivity contribution in [1.82, 2.24) is 10.9 Å². The number of nitrogens with one attached hydrogen (secondary N) is 2. The Bertz CT molecular complexity index is 585. The van der Waals surface area contributed by atoms with Crippen LogP contribution in [0, 0.1) is 0 Å². The van der Waals surface area contributed by atoms with E-state index in [2.05, 4.69) is 35.1 Å². The molecule has 0 aliphatic carbocycles. The Morgan fingerprint density at radius 2 is 1.70 bits per heavy atom. The quantitative estimate of drug-likeness (QED) is 0.905. The van der Waals surface area contributed by atoms with E-state index in [-0.39, 0.29) is 6.04 Å². The molecule has 1 aliphatic heterocycles. The standard InChI is InChI=1S/C16H17ClN2O/c1-20-14-4-2-3-12(9-14)16-10-15(18-19-16)11-5-7-13(17)8-6-11/h2-9,15-16,18-19H,10H2,1H3. The first-order chi connectivity index (χ1) is 9.76. The topological polar surface area (TPSA) is 33.3 Å². The first-order valence-corrected chi connectivity index (χ1v) is 7.04. The molecule has 0 amide bonds. The summed E-state index contributed by atoms with van der Waals surface area (Å²) in [5.74, 6) is 0.888. The molecule has 2 aromatic carbocycles. The van der Waals surface area contributed by atoms with Gasteiger partial charge < -0.3 is 4.74 Å². The van der Waals surface area contributed by atoms with E-state index in [4.69, 9.17) is 16.3 Å². The first kappa shape index (κ1) is 13.4. The summed E-state index contributed by atoms with van der Waals surface area (Å²) in [6.07, 6.45) is 0.995. The molecule has 1 aliphatic rings. The van der Waals surface area contributed by atoms with Crippen molar-refractivity contribution in [3.8, 4) is 5.75 Å². The number of ether oxygens (including phenoxy) is 1. The molecular formula is C16H17ClN2O. The Kier molecular flexibility index (Phi) is 3.92. The minimum atomic E-state index is 0.283. The van der Waals surface area contributed by atoms with Crippen LogP contribution in [0.15, 0.2) is 48.5 Å². The summed E-state index contributed by atoms with van der Waals surface area (Å²) in [6, 6.07) is 16.7. The lowest BCUT2D eigenvalue weighted by molar-refractivity contribution is 0.413. The van der Waals surface area contributed by atoms with Gasteiger partial charge in [-0.1, -0.05) is 35.9 Å². The largest absolute Gasteiger partial charge is 0.497 e. The highest BCUT2D eigenvalue weighted by molar-refractivity contribution is 6.30. The van der Waals surface area contributed by atoms with Gasteiger partial charge in [0, 0.05) is 17.1 Å². The molecule has 2 N–H and O–H groups in total. The molecule has 0 aromatic heterocycles. The van der Waals surface area contributed by atoms with E-state index in [1.807, 2.05) is 24.3 Å². The minimum absolute atomic E-state index is 0.283. The summed E-state index contributed by atoms with van der Waals surface area (Å²) in [7, 11) is 1.69. The van der Waals surface area contributed by atoms with Gasteiger partial charge in [0.2, 0.25) is 0 Å². The smallest absolute Gasteiger partial charge is 0.119 e. The maximum Gasteiger partial charge on any atom is 0.119 e. The van der Waals surface area contributed by atoms with Crippen LogP contribution in [0.5, 0.6) is 5.75 Å². The van der Waals surface area contributed by atoms with E-state index in [0.29, 0.717) is 6.04 Å². The second-order valence-corrected chi connectivity index (χ2v) is 5.39. The zero-order chi connectivity index (χ0) is 13.9. The molecule has 0 spiro atoms. The van der Waals surface area contributed by atoms with Crippen molar-refractivity contribution in [3.05, 3.63) is 64.7 Å². The van der Waals surface area contributed by atoms with Crippen LogP contribution >= 0.6 is 11.6 Å². The third-order valence-corrected chi connectivity index (χ3v) is 3.92. The van der Waals surface area contributed by atoms with E-state index in [1.54, 1.807) is 7.11 Å². The van der Waals surface area contributed by atoms with E-state index in [1.165, 1.54) is 11.1 Å². The fourth-order valence-electron chi connectivity index (χ4n) is 2.55. The number of halogens is 1. The summed E-state index contributed by atoms with van der Waals surface area (Å²) in [5, 5.41) is 0.768. The molecule has 3 nitrogen and oxygen atoms in total. The number of benzene rings is 2. The van der Waals surface area contributed by atoms with Gasteiger partial charge in [-0.3, -0.25) is 0 Å². The fraction of sp³-hybridized carbons (Fsp3) is 0.250. The lowest BCUT2D eigenvalue weighted by Gasteiger charge is -2.11. The van der Waals surface area contributed by atoms with Crippen LogP contribution in [-0.2, 0) is 0 Å². The van der Waals surface area contributed by atoms with Gasteiger partial charge >= 0.3 is 0 Å². The first-order valence-electron chi connectivity index (χ1n) is 6.67. The lowest BCUT2D eigenvalue weighted by Crippen LogP contribution is -2.26. The highest BCUT2D eigenvalue weighted by Crippen LogP contribution is 2.32. The zero-order valence-electron chi connectivity index (χ0n) is 11.3. The molecule has 2 atom stereocenters. The Balaban J connectivity index is 1.74. The predicted molar refractivity (Wildman–Crippen MR) is 80.8 cm³/mol. The van der Waals surface area contributed by atoms with Gasteiger partial charge in [0.15, 0.2) is 0 Å². The molecular weight excluding hydrogens is 272 g/mol. The highest BCUT2D eigenvalue weighted by Gasteiger charge is 2.26. The average molecular weight is 289 g/mol. The molecule has 0 bridgehead atoms. The van der Waals surface area contributed by atoms with Gasteiger partial charge in [-0.25, -0.2) is 10.9 Å². The number of hydrogen-bond acceptors (Lipinski definition) is 3. The molecule has 4 heteroatoms. The Morgan fingerprint density at radius 3 is 2.40 bits per heavy atom. The third kappa shape index (κ3) is 2.80. The molecule has 1 saturated heterocycles. The van der Waals surface area contributed by atoms with E-state index < -0.39 is 0 Å². The van der Waals surface area contributed by atoms with E-state index >= 15 is 0 Å². The summed E-state index contributed by atoms with van der Waals surface area (Å²) < 4.78 is 5.28. The molecule has 0 saturated carbocycles. The van der Waals surface area contributed by atoms with Crippen molar-refractivity contribution in [2.24, 2.45) is 0 Å². The average Bonchev–Trinajstić information content (AvgIpc) is 2.98. The zero-order valence-corrected chi connectivity index (χ0v) is 12.0. The molecule has 1 fully saturated rings. The summed E-state index contributed by atoms with van der Waals surface area (Å²) in [5.41, 5.74) is 9.17. The summed E-state index contributed by atoms with van der Waals surface area (Å²) in [6.45, 7) is 0. The summed E-state index contributed by atoms with van der Waals surface area (Å²) >= 11 is 5.93. The molecule has 104 valence electrons. The van der Waals surface area contributed by atoms with Gasteiger partial charge in [-0.15, -0.1) is 0 Å². The van der Waals surface area contributed by atoms with Crippen molar-refractivity contribution in [2.45, 2.75) is 18.5 Å². The number of methoxy groups -OCH3 is 1. The van der Waals surface area contributed by atoms with Crippen LogP contribution in [0.2, 0.25) is 5.02 Å². The van der Waals surface area contributed by atoms with Crippen LogP contribution in [0.1, 0.15) is 29.6 Å². The molecule has 2 aromatic rings. The van der Waals surface area contributed by atoms with Crippen molar-refractivity contribution >= 4 is 11.6 Å². The van der Waals surface area contributed by atoms with Crippen LogP contribution in [0.4, 0.5) is 0 Å². The van der Waals surface area contributed by atoms with Crippen molar-refractivity contribution in [1.29, 1.82) is 0 Å². The van der Waals surface area contributed by atoms with Crippen molar-refractivity contribution in [2.75, 3.05) is 7.11 Å². The van der Waals surface area contributed by atoms with Crippen LogP contribution in [0.3, 0.4) is 0 Å². The van der Waals surface area contributed by atoms with Gasteiger partial charge in [0.05, 0.1) is 7.11 Å². The van der Waals surface area contributed by atoms with Crippen molar-refractivity contribution < 1.29 is 4.74 Å². The molecule has 2 unspecified atom stereocenters. The maximum atomic E-state index is 5.93. The van der Waals surface area contributed by atoms with E-state index in [0.717, 1.165) is 17.2 Å². The molecule has 20 heavy (non-hydrogen) atoms. The third-order valence-electron chi connectivity index (χ3n) is 3.67. The van der Waals surface area contributed by atoms with Crippen LogP contribution in [0.25, 0.3) is 0 Å². The Hall–Kier alpha value is -1.55. The predicted octanol–water partition coefficient (Wildman–Crippen LogP) is 3.63. The summed E-state index contributed by atoms with van der Waals surface area (Å²) in [4.78, 5) is 0. The maximum absolute atomic E-state index is 5.93. The van der Waals surface area contributed by atoms with E-state index in [9.17, 15) is 0 Å².